The summed E-state index contributed by atoms with van der Waals surface area (Å²) in [4.78, 5) is 17.2. The molecule has 1 atom stereocenters. The fraction of sp³-hybridized carbons (Fsp3) is 0.294. The highest BCUT2D eigenvalue weighted by atomic mass is 79.9. The van der Waals surface area contributed by atoms with Gasteiger partial charge in [0.15, 0.2) is 0 Å². The fourth-order valence-corrected chi connectivity index (χ4v) is 3.89. The molecule has 0 N–H and O–H groups in total. The first-order valence-corrected chi connectivity index (χ1v) is 9.08. The number of amides is 1. The second kappa shape index (κ2) is 7.26. The lowest BCUT2D eigenvalue weighted by Crippen LogP contribution is -2.49. The van der Waals surface area contributed by atoms with Gasteiger partial charge in [-0.15, -0.1) is 11.3 Å². The van der Waals surface area contributed by atoms with Crippen molar-refractivity contribution in [3.63, 3.8) is 0 Å². The average Bonchev–Trinajstić information content (AvgIpc) is 3.10. The van der Waals surface area contributed by atoms with Gasteiger partial charge in [0.25, 0.3) is 5.91 Å². The standard InChI is InChI=1S/C17H16BrN3OS/c18-14-4-1-3-13(11-14)15(12-19)20-6-8-21(9-7-20)17(22)16-5-2-10-23-16/h1-5,10-11,15H,6-9H2. The number of piperazine rings is 1. The molecular formula is C17H16BrN3OS. The summed E-state index contributed by atoms with van der Waals surface area (Å²) in [6, 6.07) is 13.7. The van der Waals surface area contributed by atoms with Crippen molar-refractivity contribution < 1.29 is 4.79 Å². The van der Waals surface area contributed by atoms with E-state index in [1.54, 1.807) is 0 Å². The maximum Gasteiger partial charge on any atom is 0.264 e. The van der Waals surface area contributed by atoms with E-state index in [0.29, 0.717) is 26.2 Å². The van der Waals surface area contributed by atoms with Crippen LogP contribution in [0.1, 0.15) is 21.3 Å². The van der Waals surface area contributed by atoms with E-state index in [9.17, 15) is 10.1 Å². The van der Waals surface area contributed by atoms with Crippen molar-refractivity contribution in [1.29, 1.82) is 5.26 Å². The maximum atomic E-state index is 12.4. The van der Waals surface area contributed by atoms with Gasteiger partial charge >= 0.3 is 0 Å². The van der Waals surface area contributed by atoms with Crippen molar-refractivity contribution >= 4 is 33.2 Å². The minimum atomic E-state index is -0.272. The fourth-order valence-electron chi connectivity index (χ4n) is 2.78. The Kier molecular flexibility index (Phi) is 5.11. The lowest BCUT2D eigenvalue weighted by molar-refractivity contribution is 0.0611. The molecular weight excluding hydrogens is 374 g/mol. The van der Waals surface area contributed by atoms with E-state index in [1.165, 1.54) is 11.3 Å². The Balaban J connectivity index is 1.66. The monoisotopic (exact) mass is 389 g/mol. The van der Waals surface area contributed by atoms with Crippen molar-refractivity contribution in [3.05, 3.63) is 56.7 Å². The maximum absolute atomic E-state index is 12.4. The molecule has 1 aliphatic rings. The third kappa shape index (κ3) is 3.63. The van der Waals surface area contributed by atoms with Gasteiger partial charge in [-0.05, 0) is 29.1 Å². The third-order valence-electron chi connectivity index (χ3n) is 3.99. The SMILES string of the molecule is N#CC(c1cccc(Br)c1)N1CCN(C(=O)c2cccs2)CC1. The van der Waals surface area contributed by atoms with Gasteiger partial charge in [0.05, 0.1) is 10.9 Å². The van der Waals surface area contributed by atoms with Crippen LogP contribution >= 0.6 is 27.3 Å². The summed E-state index contributed by atoms with van der Waals surface area (Å²) < 4.78 is 0.974. The molecule has 6 heteroatoms. The van der Waals surface area contributed by atoms with E-state index in [-0.39, 0.29) is 11.9 Å². The van der Waals surface area contributed by atoms with Gasteiger partial charge in [-0.25, -0.2) is 0 Å². The second-order valence-electron chi connectivity index (χ2n) is 5.39. The molecule has 0 bridgehead atoms. The molecule has 1 aromatic heterocycles. The molecule has 1 unspecified atom stereocenters. The summed E-state index contributed by atoms with van der Waals surface area (Å²) in [5.41, 5.74) is 0.986. The van der Waals surface area contributed by atoms with Gasteiger partial charge < -0.3 is 4.90 Å². The zero-order chi connectivity index (χ0) is 16.2. The number of carbonyl (C=O) groups is 1. The van der Waals surface area contributed by atoms with Gasteiger partial charge in [-0.2, -0.15) is 5.26 Å². The molecule has 3 rings (SSSR count). The molecule has 0 radical (unpaired) electrons. The van der Waals surface area contributed by atoms with E-state index < -0.39 is 0 Å². The van der Waals surface area contributed by atoms with Crippen molar-refractivity contribution in [1.82, 2.24) is 9.80 Å². The molecule has 0 spiro atoms. The van der Waals surface area contributed by atoms with Crippen LogP contribution in [0.15, 0.2) is 46.3 Å². The minimum absolute atomic E-state index is 0.0932. The Morgan fingerprint density at radius 3 is 2.61 bits per heavy atom. The lowest BCUT2D eigenvalue weighted by atomic mass is 10.1. The normalized spacial score (nSPS) is 16.8. The van der Waals surface area contributed by atoms with Gasteiger partial charge in [0.2, 0.25) is 0 Å². The highest BCUT2D eigenvalue weighted by molar-refractivity contribution is 9.10. The van der Waals surface area contributed by atoms with Crippen molar-refractivity contribution in [2.75, 3.05) is 26.2 Å². The van der Waals surface area contributed by atoms with E-state index in [0.717, 1.165) is 14.9 Å². The number of hydrogen-bond donors (Lipinski definition) is 0. The number of hydrogen-bond acceptors (Lipinski definition) is 4. The summed E-state index contributed by atoms with van der Waals surface area (Å²) in [6.07, 6.45) is 0. The average molecular weight is 390 g/mol. The smallest absolute Gasteiger partial charge is 0.264 e. The molecule has 0 aliphatic carbocycles. The Morgan fingerprint density at radius 2 is 2.00 bits per heavy atom. The molecule has 118 valence electrons. The molecule has 1 saturated heterocycles. The van der Waals surface area contributed by atoms with Crippen LogP contribution in [0.4, 0.5) is 0 Å². The Morgan fingerprint density at radius 1 is 1.22 bits per heavy atom. The Labute approximate surface area is 148 Å². The quantitative estimate of drug-likeness (QED) is 0.806. The summed E-state index contributed by atoms with van der Waals surface area (Å²) in [5.74, 6) is 0.0932. The molecule has 1 fully saturated rings. The highest BCUT2D eigenvalue weighted by Crippen LogP contribution is 2.25. The van der Waals surface area contributed by atoms with E-state index in [4.69, 9.17) is 0 Å². The van der Waals surface area contributed by atoms with E-state index in [2.05, 4.69) is 26.9 Å². The summed E-state index contributed by atoms with van der Waals surface area (Å²) in [6.45, 7) is 2.73. The largest absolute Gasteiger partial charge is 0.335 e. The second-order valence-corrected chi connectivity index (χ2v) is 7.26. The van der Waals surface area contributed by atoms with Gasteiger partial charge in [0.1, 0.15) is 6.04 Å². The predicted molar refractivity (Wildman–Crippen MR) is 94.3 cm³/mol. The van der Waals surface area contributed by atoms with Gasteiger partial charge in [-0.3, -0.25) is 9.69 Å². The number of carbonyl (C=O) groups excluding carboxylic acids is 1. The summed E-state index contributed by atoms with van der Waals surface area (Å²) in [7, 11) is 0. The third-order valence-corrected chi connectivity index (χ3v) is 5.34. The Bertz CT molecular complexity index is 718. The van der Waals surface area contributed by atoms with Crippen LogP contribution in [0.3, 0.4) is 0 Å². The number of rotatable bonds is 3. The van der Waals surface area contributed by atoms with Gasteiger partial charge in [0, 0.05) is 30.7 Å². The van der Waals surface area contributed by atoms with Crippen LogP contribution in [-0.4, -0.2) is 41.9 Å². The van der Waals surface area contributed by atoms with Crippen LogP contribution in [0.25, 0.3) is 0 Å². The highest BCUT2D eigenvalue weighted by Gasteiger charge is 2.27. The first-order valence-electron chi connectivity index (χ1n) is 7.41. The zero-order valence-corrected chi connectivity index (χ0v) is 14.9. The number of nitriles is 1. The van der Waals surface area contributed by atoms with Crippen LogP contribution < -0.4 is 0 Å². The Hall–Kier alpha value is -1.68. The number of benzene rings is 1. The molecule has 1 aromatic carbocycles. The molecule has 1 aliphatic heterocycles. The van der Waals surface area contributed by atoms with Crippen LogP contribution in [-0.2, 0) is 0 Å². The first kappa shape index (κ1) is 16.2. The van der Waals surface area contributed by atoms with Crippen molar-refractivity contribution in [3.8, 4) is 6.07 Å². The molecule has 4 nitrogen and oxygen atoms in total. The minimum Gasteiger partial charge on any atom is -0.335 e. The molecule has 2 heterocycles. The lowest BCUT2D eigenvalue weighted by Gasteiger charge is -2.36. The number of nitrogens with zero attached hydrogens (tertiary/aromatic N) is 3. The molecule has 2 aromatic rings. The topological polar surface area (TPSA) is 47.3 Å². The van der Waals surface area contributed by atoms with E-state index in [1.807, 2.05) is 46.7 Å². The molecule has 23 heavy (non-hydrogen) atoms. The predicted octanol–water partition coefficient (Wildman–Crippen LogP) is 3.53. The number of thiophene rings is 1. The van der Waals surface area contributed by atoms with Crippen molar-refractivity contribution in [2.24, 2.45) is 0 Å². The summed E-state index contributed by atoms with van der Waals surface area (Å²) >= 11 is 4.93. The van der Waals surface area contributed by atoms with Crippen LogP contribution in [0.2, 0.25) is 0 Å². The number of halogens is 1. The molecule has 1 amide bonds. The van der Waals surface area contributed by atoms with E-state index >= 15 is 0 Å². The van der Waals surface area contributed by atoms with Crippen LogP contribution in [0.5, 0.6) is 0 Å². The molecule has 0 saturated carbocycles. The van der Waals surface area contributed by atoms with Gasteiger partial charge in [-0.1, -0.05) is 34.1 Å². The summed E-state index contributed by atoms with van der Waals surface area (Å²) in [5, 5.41) is 11.5. The van der Waals surface area contributed by atoms with Crippen LogP contribution in [0, 0.1) is 11.3 Å². The zero-order valence-electron chi connectivity index (χ0n) is 12.5. The van der Waals surface area contributed by atoms with Crippen molar-refractivity contribution in [2.45, 2.75) is 6.04 Å². The first-order chi connectivity index (χ1) is 11.2.